The molecule has 0 radical (unpaired) electrons. The molecule has 2 aliphatic rings. The normalized spacial score (nSPS) is 32.4. The molecule has 0 amide bonds. The number of rotatable bonds is 2. The lowest BCUT2D eigenvalue weighted by Crippen LogP contribution is -2.38. The number of fused-ring (bicyclic) bond motifs is 1. The molecular formula is C15H22N2O. The van der Waals surface area contributed by atoms with Crippen LogP contribution in [0.5, 0.6) is 0 Å². The number of nitrogens with zero attached hydrogens (tertiary/aromatic N) is 1. The molecule has 1 aromatic carbocycles. The van der Waals surface area contributed by atoms with Gasteiger partial charge in [-0.1, -0.05) is 24.3 Å². The summed E-state index contributed by atoms with van der Waals surface area (Å²) in [6.45, 7) is 2.47. The van der Waals surface area contributed by atoms with E-state index in [1.54, 1.807) is 0 Å². The summed E-state index contributed by atoms with van der Waals surface area (Å²) in [7, 11) is 0. The van der Waals surface area contributed by atoms with Gasteiger partial charge in [0, 0.05) is 25.2 Å². The molecular weight excluding hydrogens is 224 g/mol. The molecule has 1 heterocycles. The highest BCUT2D eigenvalue weighted by Crippen LogP contribution is 2.42. The Labute approximate surface area is 109 Å². The monoisotopic (exact) mass is 246 g/mol. The molecule has 0 spiro atoms. The quantitative estimate of drug-likeness (QED) is 0.837. The topological polar surface area (TPSA) is 49.5 Å². The molecule has 1 aliphatic heterocycles. The molecule has 18 heavy (non-hydrogen) atoms. The number of piperidine rings is 1. The number of likely N-dealkylation sites (tertiary alicyclic amines) is 1. The number of hydrogen-bond acceptors (Lipinski definition) is 3. The van der Waals surface area contributed by atoms with Crippen molar-refractivity contribution in [2.24, 2.45) is 11.7 Å². The van der Waals surface area contributed by atoms with Crippen molar-refractivity contribution < 1.29 is 5.11 Å². The van der Waals surface area contributed by atoms with Gasteiger partial charge in [-0.15, -0.1) is 0 Å². The van der Waals surface area contributed by atoms with E-state index in [1.165, 1.54) is 17.5 Å². The van der Waals surface area contributed by atoms with E-state index in [9.17, 15) is 5.11 Å². The van der Waals surface area contributed by atoms with Crippen LogP contribution in [0.2, 0.25) is 0 Å². The first kappa shape index (κ1) is 12.2. The molecule has 1 aliphatic carbocycles. The third kappa shape index (κ3) is 2.07. The molecule has 3 unspecified atom stereocenters. The van der Waals surface area contributed by atoms with Crippen molar-refractivity contribution in [2.75, 3.05) is 19.7 Å². The second-order valence-electron chi connectivity index (χ2n) is 5.67. The van der Waals surface area contributed by atoms with Crippen molar-refractivity contribution in [2.45, 2.75) is 31.3 Å². The first-order chi connectivity index (χ1) is 8.79. The third-order valence-corrected chi connectivity index (χ3v) is 4.48. The van der Waals surface area contributed by atoms with Gasteiger partial charge in [0.05, 0.1) is 0 Å². The van der Waals surface area contributed by atoms with E-state index in [0.717, 1.165) is 25.9 Å². The smallest absolute Gasteiger partial charge is 0.0471 e. The van der Waals surface area contributed by atoms with E-state index >= 15 is 0 Å². The molecule has 1 aromatic rings. The van der Waals surface area contributed by atoms with Gasteiger partial charge >= 0.3 is 0 Å². The van der Waals surface area contributed by atoms with E-state index < -0.39 is 0 Å². The van der Waals surface area contributed by atoms with Crippen LogP contribution in [0, 0.1) is 5.92 Å². The fourth-order valence-corrected chi connectivity index (χ4v) is 3.52. The predicted octanol–water partition coefficient (Wildman–Crippen LogP) is 1.84. The zero-order valence-corrected chi connectivity index (χ0v) is 10.8. The van der Waals surface area contributed by atoms with Crippen LogP contribution in [0.15, 0.2) is 24.3 Å². The van der Waals surface area contributed by atoms with Crippen LogP contribution in [0.25, 0.3) is 0 Å². The van der Waals surface area contributed by atoms with Crippen LogP contribution in [0.3, 0.4) is 0 Å². The molecule has 3 rings (SSSR count). The zero-order chi connectivity index (χ0) is 12.5. The van der Waals surface area contributed by atoms with Crippen LogP contribution >= 0.6 is 0 Å². The summed E-state index contributed by atoms with van der Waals surface area (Å²) >= 11 is 0. The Morgan fingerprint density at radius 2 is 2.06 bits per heavy atom. The lowest BCUT2D eigenvalue weighted by molar-refractivity contribution is 0.0861. The summed E-state index contributed by atoms with van der Waals surface area (Å²) in [5.74, 6) is 0.447. The molecule has 3 N–H and O–H groups in total. The molecule has 0 bridgehead atoms. The van der Waals surface area contributed by atoms with Crippen molar-refractivity contribution in [3.05, 3.63) is 35.4 Å². The maximum Gasteiger partial charge on any atom is 0.0471 e. The van der Waals surface area contributed by atoms with E-state index in [4.69, 9.17) is 5.73 Å². The van der Waals surface area contributed by atoms with Crippen molar-refractivity contribution >= 4 is 0 Å². The Balaban J connectivity index is 1.81. The molecule has 3 heteroatoms. The van der Waals surface area contributed by atoms with Crippen LogP contribution in [0.4, 0.5) is 0 Å². The van der Waals surface area contributed by atoms with Crippen molar-refractivity contribution in [1.82, 2.24) is 4.90 Å². The summed E-state index contributed by atoms with van der Waals surface area (Å²) in [5.41, 5.74) is 8.95. The lowest BCUT2D eigenvalue weighted by Gasteiger charge is -2.36. The summed E-state index contributed by atoms with van der Waals surface area (Å²) in [5, 5.41) is 9.35. The van der Waals surface area contributed by atoms with Gasteiger partial charge in [-0.25, -0.2) is 0 Å². The zero-order valence-electron chi connectivity index (χ0n) is 10.8. The highest BCUT2D eigenvalue weighted by Gasteiger charge is 2.34. The fraction of sp³-hybridized carbons (Fsp3) is 0.600. The van der Waals surface area contributed by atoms with Crippen molar-refractivity contribution in [3.63, 3.8) is 0 Å². The minimum Gasteiger partial charge on any atom is -0.396 e. The van der Waals surface area contributed by atoms with E-state index in [0.29, 0.717) is 18.6 Å². The lowest BCUT2D eigenvalue weighted by atomic mass is 9.96. The Kier molecular flexibility index (Phi) is 3.37. The van der Waals surface area contributed by atoms with Gasteiger partial charge in [0.15, 0.2) is 0 Å². The van der Waals surface area contributed by atoms with Crippen LogP contribution in [-0.4, -0.2) is 29.7 Å². The first-order valence-corrected chi connectivity index (χ1v) is 6.99. The van der Waals surface area contributed by atoms with Gasteiger partial charge in [0.25, 0.3) is 0 Å². The number of aliphatic hydroxyl groups excluding tert-OH is 1. The maximum atomic E-state index is 9.35. The summed E-state index contributed by atoms with van der Waals surface area (Å²) in [6.07, 6.45) is 3.38. The Bertz CT molecular complexity index is 421. The minimum absolute atomic E-state index is 0.181. The van der Waals surface area contributed by atoms with Gasteiger partial charge in [-0.05, 0) is 42.9 Å². The van der Waals surface area contributed by atoms with Crippen molar-refractivity contribution in [3.8, 4) is 0 Å². The second kappa shape index (κ2) is 5.00. The fourth-order valence-electron chi connectivity index (χ4n) is 3.52. The third-order valence-electron chi connectivity index (χ3n) is 4.48. The Morgan fingerprint density at radius 1 is 1.28 bits per heavy atom. The average Bonchev–Trinajstić information content (AvgIpc) is 2.77. The highest BCUT2D eigenvalue weighted by atomic mass is 16.3. The number of aliphatic hydroxyl groups is 1. The summed E-state index contributed by atoms with van der Waals surface area (Å²) < 4.78 is 0. The van der Waals surface area contributed by atoms with E-state index in [2.05, 4.69) is 29.2 Å². The van der Waals surface area contributed by atoms with Gasteiger partial charge in [0.1, 0.15) is 0 Å². The van der Waals surface area contributed by atoms with Crippen LogP contribution in [0.1, 0.15) is 42.5 Å². The molecule has 1 fully saturated rings. The average molecular weight is 246 g/mol. The standard InChI is InChI=1S/C15H22N2O/c16-14-8-15(13-6-2-1-5-12(13)14)17-7-3-4-11(9-17)10-18/h1-2,5-6,11,14-15,18H,3-4,7-10,16H2. The minimum atomic E-state index is 0.181. The van der Waals surface area contributed by atoms with Gasteiger partial charge < -0.3 is 10.8 Å². The van der Waals surface area contributed by atoms with E-state index in [1.807, 2.05) is 0 Å². The first-order valence-electron chi connectivity index (χ1n) is 6.99. The SMILES string of the molecule is NC1CC(N2CCCC(CO)C2)c2ccccc21. The maximum absolute atomic E-state index is 9.35. The van der Waals surface area contributed by atoms with Crippen LogP contribution < -0.4 is 5.73 Å². The van der Waals surface area contributed by atoms with Crippen molar-refractivity contribution in [1.29, 1.82) is 0 Å². The highest BCUT2D eigenvalue weighted by molar-refractivity contribution is 5.37. The van der Waals surface area contributed by atoms with Crippen LogP contribution in [-0.2, 0) is 0 Å². The number of nitrogens with two attached hydrogens (primary N) is 1. The summed E-state index contributed by atoms with van der Waals surface area (Å²) in [4.78, 5) is 2.52. The Morgan fingerprint density at radius 3 is 2.83 bits per heavy atom. The molecule has 0 aromatic heterocycles. The molecule has 1 saturated heterocycles. The predicted molar refractivity (Wildman–Crippen MR) is 72.1 cm³/mol. The number of benzene rings is 1. The van der Waals surface area contributed by atoms with Gasteiger partial charge in [-0.2, -0.15) is 0 Å². The molecule has 3 nitrogen and oxygen atoms in total. The second-order valence-corrected chi connectivity index (χ2v) is 5.67. The van der Waals surface area contributed by atoms with E-state index in [-0.39, 0.29) is 6.04 Å². The molecule has 98 valence electrons. The number of hydrogen-bond donors (Lipinski definition) is 2. The summed E-state index contributed by atoms with van der Waals surface area (Å²) in [6, 6.07) is 9.21. The molecule has 0 saturated carbocycles. The Hall–Kier alpha value is -0.900. The van der Waals surface area contributed by atoms with Gasteiger partial charge in [0.2, 0.25) is 0 Å². The van der Waals surface area contributed by atoms with Gasteiger partial charge in [-0.3, -0.25) is 4.90 Å². The largest absolute Gasteiger partial charge is 0.396 e. The molecule has 3 atom stereocenters.